The molecule has 1 N–H and O–H groups in total. The molecule has 52 heavy (non-hydrogen) atoms. The SMILES string of the molecule is Cc1ccc(S(=O)(=O)N(C)/C=C/[C@@]2(c3cccc4c3N[C@H]3N(C)CC[C@@]43[C@@]34CCN(C)[C@@H]3N(C)c3ccccc34)C(=O)N(C)c3ccccc32)cc1. The summed E-state index contributed by atoms with van der Waals surface area (Å²) in [5, 5.41) is 4.07. The number of carbonyl (C=O) groups is 1. The largest absolute Gasteiger partial charge is 0.368 e. The van der Waals surface area contributed by atoms with Crippen molar-refractivity contribution in [1.29, 1.82) is 0 Å². The second kappa shape index (κ2) is 11.2. The van der Waals surface area contributed by atoms with E-state index < -0.39 is 15.4 Å². The summed E-state index contributed by atoms with van der Waals surface area (Å²) in [6.45, 7) is 3.87. The number of para-hydroxylation sites is 3. The van der Waals surface area contributed by atoms with E-state index in [2.05, 4.69) is 83.6 Å². The van der Waals surface area contributed by atoms with E-state index in [4.69, 9.17) is 0 Å². The van der Waals surface area contributed by atoms with Crippen LogP contribution in [0, 0.1) is 6.92 Å². The van der Waals surface area contributed by atoms with E-state index in [0.717, 1.165) is 54.0 Å². The Morgan fingerprint density at radius 2 is 1.37 bits per heavy atom. The number of hydrogen-bond donors (Lipinski definition) is 1. The van der Waals surface area contributed by atoms with E-state index >= 15 is 0 Å². The fourth-order valence-electron chi connectivity index (χ4n) is 10.9. The molecule has 0 aromatic heterocycles. The number of likely N-dealkylation sites (tertiary alicyclic amines) is 2. The molecule has 4 aromatic rings. The van der Waals surface area contributed by atoms with E-state index in [-0.39, 0.29) is 34.0 Å². The lowest BCUT2D eigenvalue weighted by molar-refractivity contribution is -0.120. The quantitative estimate of drug-likeness (QED) is 0.284. The summed E-state index contributed by atoms with van der Waals surface area (Å²) in [5.74, 6) is -0.122. The first-order chi connectivity index (χ1) is 24.9. The van der Waals surface area contributed by atoms with Gasteiger partial charge < -0.3 is 15.1 Å². The van der Waals surface area contributed by atoms with Gasteiger partial charge in [-0.15, -0.1) is 0 Å². The average Bonchev–Trinajstić information content (AvgIpc) is 3.90. The minimum Gasteiger partial charge on any atom is -0.368 e. The summed E-state index contributed by atoms with van der Waals surface area (Å²) >= 11 is 0. The highest BCUT2D eigenvalue weighted by Crippen LogP contribution is 2.68. The normalized spacial score (nSPS) is 29.3. The zero-order chi connectivity index (χ0) is 36.4. The van der Waals surface area contributed by atoms with Crippen molar-refractivity contribution in [3.8, 4) is 0 Å². The van der Waals surface area contributed by atoms with Gasteiger partial charge in [0.2, 0.25) is 5.91 Å². The third kappa shape index (κ3) is 3.95. The maximum Gasteiger partial charge on any atom is 0.263 e. The minimum atomic E-state index is -3.88. The number of hydrogen-bond acceptors (Lipinski definition) is 7. The van der Waals surface area contributed by atoms with Crippen LogP contribution in [0.15, 0.2) is 108 Å². The summed E-state index contributed by atoms with van der Waals surface area (Å²) in [4.78, 5) is 24.4. The third-order valence-corrected chi connectivity index (χ3v) is 15.0. The second-order valence-electron chi connectivity index (χ2n) is 15.5. The van der Waals surface area contributed by atoms with Gasteiger partial charge in [0.05, 0.1) is 17.2 Å². The summed E-state index contributed by atoms with van der Waals surface area (Å²) in [6, 6.07) is 30.1. The van der Waals surface area contributed by atoms with Crippen LogP contribution >= 0.6 is 0 Å². The predicted molar refractivity (Wildman–Crippen MR) is 206 cm³/mol. The molecule has 5 heterocycles. The van der Waals surface area contributed by atoms with Crippen molar-refractivity contribution in [3.05, 3.63) is 131 Å². The molecule has 0 radical (unpaired) electrons. The van der Waals surface area contributed by atoms with Gasteiger partial charge in [-0.3, -0.25) is 18.9 Å². The van der Waals surface area contributed by atoms with Crippen LogP contribution in [0.4, 0.5) is 17.1 Å². The second-order valence-corrected chi connectivity index (χ2v) is 17.5. The fourth-order valence-corrected chi connectivity index (χ4v) is 11.9. The van der Waals surface area contributed by atoms with E-state index in [1.54, 1.807) is 42.4 Å². The van der Waals surface area contributed by atoms with Crippen LogP contribution < -0.4 is 15.1 Å². The van der Waals surface area contributed by atoms with Gasteiger partial charge in [-0.05, 0) is 86.5 Å². The molecule has 1 amide bonds. The molecular weight excluding hydrogens is 669 g/mol. The maximum absolute atomic E-state index is 15.0. The molecule has 9 nitrogen and oxygen atoms in total. The summed E-state index contributed by atoms with van der Waals surface area (Å²) in [5.41, 5.74) is 6.55. The van der Waals surface area contributed by atoms with Crippen LogP contribution in [0.1, 0.15) is 40.7 Å². The van der Waals surface area contributed by atoms with E-state index in [0.29, 0.717) is 0 Å². The number of carbonyl (C=O) groups excluding carboxylic acids is 1. The van der Waals surface area contributed by atoms with Crippen molar-refractivity contribution in [2.75, 3.05) is 63.4 Å². The number of nitrogens with one attached hydrogen (secondary N) is 1. The van der Waals surface area contributed by atoms with Gasteiger partial charge in [0, 0.05) is 68.3 Å². The Kier molecular flexibility index (Phi) is 7.14. The highest BCUT2D eigenvalue weighted by molar-refractivity contribution is 7.89. The third-order valence-electron chi connectivity index (χ3n) is 13.2. The number of likely N-dealkylation sites (N-methyl/N-ethyl adjacent to an activating group) is 4. The summed E-state index contributed by atoms with van der Waals surface area (Å²) < 4.78 is 28.9. The van der Waals surface area contributed by atoms with Gasteiger partial charge in [-0.2, -0.15) is 0 Å². The van der Waals surface area contributed by atoms with Crippen LogP contribution in [0.5, 0.6) is 0 Å². The van der Waals surface area contributed by atoms with Crippen molar-refractivity contribution < 1.29 is 13.2 Å². The van der Waals surface area contributed by atoms with Crippen molar-refractivity contribution in [2.45, 2.75) is 53.2 Å². The molecule has 5 atom stereocenters. The van der Waals surface area contributed by atoms with Gasteiger partial charge in [-0.25, -0.2) is 8.42 Å². The number of amides is 1. The van der Waals surface area contributed by atoms with Crippen LogP contribution in [0.2, 0.25) is 0 Å². The van der Waals surface area contributed by atoms with Gasteiger partial charge in [0.1, 0.15) is 5.41 Å². The van der Waals surface area contributed by atoms with E-state index in [1.807, 2.05) is 44.3 Å². The Morgan fingerprint density at radius 3 is 2.12 bits per heavy atom. The van der Waals surface area contributed by atoms with Gasteiger partial charge in [-0.1, -0.05) is 72.3 Å². The summed E-state index contributed by atoms with van der Waals surface area (Å²) in [6.07, 6.45) is 5.53. The average molecular weight is 715 g/mol. The van der Waals surface area contributed by atoms with Crippen molar-refractivity contribution >= 4 is 33.0 Å². The molecule has 2 fully saturated rings. The van der Waals surface area contributed by atoms with Gasteiger partial charge >= 0.3 is 0 Å². The number of nitrogens with zero attached hydrogens (tertiary/aromatic N) is 5. The number of aryl methyl sites for hydroxylation is 1. The van der Waals surface area contributed by atoms with Crippen LogP contribution in [-0.4, -0.2) is 89.1 Å². The zero-order valence-corrected chi connectivity index (χ0v) is 31.5. The lowest BCUT2D eigenvalue weighted by Crippen LogP contribution is -2.61. The van der Waals surface area contributed by atoms with Crippen LogP contribution in [0.3, 0.4) is 0 Å². The Balaban J connectivity index is 1.27. The molecule has 10 heteroatoms. The number of sulfonamides is 1. The molecule has 0 aliphatic carbocycles. The highest BCUT2D eigenvalue weighted by Gasteiger charge is 2.72. The highest BCUT2D eigenvalue weighted by atomic mass is 32.2. The van der Waals surface area contributed by atoms with Crippen molar-refractivity contribution in [2.24, 2.45) is 0 Å². The Hall–Kier alpha value is -4.64. The lowest BCUT2D eigenvalue weighted by atomic mass is 9.54. The minimum absolute atomic E-state index is 0.00713. The monoisotopic (exact) mass is 714 g/mol. The molecule has 0 bridgehead atoms. The molecule has 4 aromatic carbocycles. The standard InChI is InChI=1S/C42H46N6O3S/c1-28-18-20-29(21-19-28)52(50,51)46(4)27-22-40(30-12-7-9-16-34(30)48(6)39(40)49)32-14-11-15-33-36(32)43-37-41(33,23-25-44(37)2)42-24-26-45(3)38(42)47(5)35-17-10-8-13-31(35)42/h7-22,27,37-38,43H,23-26H2,1-6H3/b27-22+/t37-,38+,40+,41+,42+/m0/s1. The molecule has 0 spiro atoms. The summed E-state index contributed by atoms with van der Waals surface area (Å²) in [7, 11) is 6.18. The molecule has 2 saturated heterocycles. The first-order valence-corrected chi connectivity index (χ1v) is 19.6. The van der Waals surface area contributed by atoms with Crippen molar-refractivity contribution in [1.82, 2.24) is 14.1 Å². The van der Waals surface area contributed by atoms with Crippen LogP contribution in [0.25, 0.3) is 0 Å². The first kappa shape index (κ1) is 33.2. The maximum atomic E-state index is 15.0. The Bertz CT molecular complexity index is 2280. The lowest BCUT2D eigenvalue weighted by Gasteiger charge is -2.49. The Labute approximate surface area is 307 Å². The van der Waals surface area contributed by atoms with E-state index in [1.165, 1.54) is 21.1 Å². The molecule has 5 aliphatic rings. The zero-order valence-electron chi connectivity index (χ0n) is 30.7. The number of rotatable bonds is 6. The first-order valence-electron chi connectivity index (χ1n) is 18.2. The van der Waals surface area contributed by atoms with Gasteiger partial charge in [0.15, 0.2) is 0 Å². The molecule has 0 saturated carbocycles. The van der Waals surface area contributed by atoms with Crippen LogP contribution in [-0.2, 0) is 31.1 Å². The number of fused-ring (bicyclic) bond motifs is 8. The van der Waals surface area contributed by atoms with E-state index in [9.17, 15) is 13.2 Å². The van der Waals surface area contributed by atoms with Gasteiger partial charge in [0.25, 0.3) is 10.0 Å². The topological polar surface area (TPSA) is 79.4 Å². The molecular formula is C42H46N6O3S. The molecule has 5 aliphatic heterocycles. The Morgan fingerprint density at radius 1 is 0.750 bits per heavy atom. The molecule has 9 rings (SSSR count). The van der Waals surface area contributed by atoms with Crippen molar-refractivity contribution in [3.63, 3.8) is 0 Å². The smallest absolute Gasteiger partial charge is 0.263 e. The molecule has 0 unspecified atom stereocenters. The fraction of sp³-hybridized carbons (Fsp3) is 0.357. The molecule has 268 valence electrons. The number of benzene rings is 4. The number of anilines is 3. The predicted octanol–water partition coefficient (Wildman–Crippen LogP) is 5.47.